The predicted molar refractivity (Wildman–Crippen MR) is 65.6 cm³/mol. The Kier molecular flexibility index (Phi) is 3.66. The van der Waals surface area contributed by atoms with Crippen LogP contribution in [0, 0.1) is 28.7 Å². The Morgan fingerprint density at radius 3 is 2.65 bits per heavy atom. The van der Waals surface area contributed by atoms with Crippen molar-refractivity contribution in [1.82, 2.24) is 9.36 Å². The van der Waals surface area contributed by atoms with E-state index in [2.05, 4.69) is 14.7 Å². The van der Waals surface area contributed by atoms with Crippen LogP contribution in [0.4, 0.5) is 19.6 Å². The molecule has 1 aromatic heterocycles. The summed E-state index contributed by atoms with van der Waals surface area (Å²) in [5, 5.41) is 12.8. The second-order valence-corrected chi connectivity index (χ2v) is 4.39. The Hall–Kier alpha value is -2.49. The Labute approximate surface area is 114 Å². The molecule has 0 atom stereocenters. The molecule has 7 nitrogen and oxygen atoms in total. The number of amides is 1. The maximum atomic E-state index is 13.6. The molecule has 0 aliphatic heterocycles. The molecular weight excluding hydrogens is 294 g/mol. The molecule has 1 N–H and O–H groups in total. The van der Waals surface area contributed by atoms with Gasteiger partial charge in [0.05, 0.1) is 16.6 Å². The summed E-state index contributed by atoms with van der Waals surface area (Å²) in [7, 11) is 0. The van der Waals surface area contributed by atoms with Crippen molar-refractivity contribution < 1.29 is 18.5 Å². The summed E-state index contributed by atoms with van der Waals surface area (Å²) >= 11 is 0.873. The molecule has 0 fully saturated rings. The quantitative estimate of drug-likeness (QED) is 0.692. The third kappa shape index (κ3) is 2.74. The first-order valence-corrected chi connectivity index (χ1v) is 5.91. The zero-order chi connectivity index (χ0) is 14.9. The highest BCUT2D eigenvalue weighted by molar-refractivity contribution is 7.09. The summed E-state index contributed by atoms with van der Waals surface area (Å²) in [5.74, 6) is -3.04. The molecule has 0 aliphatic carbocycles. The van der Waals surface area contributed by atoms with Crippen molar-refractivity contribution in [2.24, 2.45) is 0 Å². The highest BCUT2D eigenvalue weighted by atomic mass is 32.1. The maximum Gasteiger partial charge on any atom is 0.307 e. The highest BCUT2D eigenvalue weighted by Crippen LogP contribution is 2.22. The van der Waals surface area contributed by atoms with E-state index in [0.717, 1.165) is 11.5 Å². The number of hydrogen-bond acceptors (Lipinski definition) is 6. The van der Waals surface area contributed by atoms with Crippen LogP contribution in [0.5, 0.6) is 0 Å². The van der Waals surface area contributed by atoms with Crippen LogP contribution in [0.2, 0.25) is 0 Å². The van der Waals surface area contributed by atoms with Gasteiger partial charge in [-0.25, -0.2) is 9.37 Å². The first-order valence-electron chi connectivity index (χ1n) is 5.13. The summed E-state index contributed by atoms with van der Waals surface area (Å²) in [6, 6.07) is 0.826. The number of hydrogen-bond donors (Lipinski definition) is 1. The number of aryl methyl sites for hydroxylation is 1. The zero-order valence-electron chi connectivity index (χ0n) is 9.89. The Balaban J connectivity index is 2.30. The zero-order valence-corrected chi connectivity index (χ0v) is 10.7. The van der Waals surface area contributed by atoms with Gasteiger partial charge in [-0.1, -0.05) is 0 Å². The summed E-state index contributed by atoms with van der Waals surface area (Å²) in [4.78, 5) is 24.9. The topological polar surface area (TPSA) is 98.0 Å². The minimum Gasteiger partial charge on any atom is -0.296 e. The largest absolute Gasteiger partial charge is 0.307 e. The van der Waals surface area contributed by atoms with Crippen molar-refractivity contribution in [3.8, 4) is 0 Å². The van der Waals surface area contributed by atoms with E-state index in [1.807, 2.05) is 0 Å². The summed E-state index contributed by atoms with van der Waals surface area (Å²) in [5.41, 5.74) is -1.69. The van der Waals surface area contributed by atoms with Crippen LogP contribution in [-0.2, 0) is 0 Å². The van der Waals surface area contributed by atoms with Gasteiger partial charge in [0.15, 0.2) is 0 Å². The van der Waals surface area contributed by atoms with E-state index in [4.69, 9.17) is 0 Å². The molecule has 1 amide bonds. The Morgan fingerprint density at radius 2 is 2.10 bits per heavy atom. The third-order valence-corrected chi connectivity index (χ3v) is 2.95. The maximum absolute atomic E-state index is 13.6. The number of nitro groups is 1. The lowest BCUT2D eigenvalue weighted by Gasteiger charge is -2.03. The highest BCUT2D eigenvalue weighted by Gasteiger charge is 2.22. The smallest absolute Gasteiger partial charge is 0.296 e. The van der Waals surface area contributed by atoms with Crippen molar-refractivity contribution >= 4 is 28.3 Å². The van der Waals surface area contributed by atoms with Gasteiger partial charge in [0.1, 0.15) is 11.6 Å². The van der Waals surface area contributed by atoms with Gasteiger partial charge in [-0.05, 0) is 13.0 Å². The molecule has 20 heavy (non-hydrogen) atoms. The molecule has 10 heteroatoms. The number of halogens is 2. The fraction of sp³-hybridized carbons (Fsp3) is 0.100. The normalized spacial score (nSPS) is 10.3. The SMILES string of the molecule is Cc1nsc(NC(=O)c2cc(F)c([N+](=O)[O-])cc2F)n1. The van der Waals surface area contributed by atoms with Crippen molar-refractivity contribution in [1.29, 1.82) is 0 Å². The number of nitrogens with one attached hydrogen (secondary N) is 1. The van der Waals surface area contributed by atoms with Gasteiger partial charge in [0.2, 0.25) is 10.9 Å². The monoisotopic (exact) mass is 300 g/mol. The fourth-order valence-corrected chi connectivity index (χ4v) is 1.93. The van der Waals surface area contributed by atoms with Crippen LogP contribution < -0.4 is 5.32 Å². The summed E-state index contributed by atoms with van der Waals surface area (Å²) < 4.78 is 30.8. The number of aromatic nitrogens is 2. The van der Waals surface area contributed by atoms with Crippen LogP contribution in [0.3, 0.4) is 0 Å². The summed E-state index contributed by atoms with van der Waals surface area (Å²) in [6.07, 6.45) is 0. The van der Waals surface area contributed by atoms with Crippen molar-refractivity contribution in [3.05, 3.63) is 45.3 Å². The first kappa shape index (κ1) is 13.9. The van der Waals surface area contributed by atoms with Gasteiger partial charge in [0.25, 0.3) is 5.91 Å². The Bertz CT molecular complexity index is 704. The summed E-state index contributed by atoms with van der Waals surface area (Å²) in [6.45, 7) is 1.60. The van der Waals surface area contributed by atoms with Gasteiger partial charge >= 0.3 is 5.69 Å². The lowest BCUT2D eigenvalue weighted by molar-refractivity contribution is -0.387. The third-order valence-electron chi connectivity index (χ3n) is 2.23. The lowest BCUT2D eigenvalue weighted by Crippen LogP contribution is -2.14. The fourth-order valence-electron chi connectivity index (χ4n) is 1.36. The van der Waals surface area contributed by atoms with Crippen LogP contribution in [-0.4, -0.2) is 20.2 Å². The molecule has 2 aromatic rings. The average molecular weight is 300 g/mol. The molecule has 0 aliphatic rings. The number of anilines is 1. The molecule has 0 saturated heterocycles. The van der Waals surface area contributed by atoms with Crippen LogP contribution in [0.15, 0.2) is 12.1 Å². The van der Waals surface area contributed by atoms with Crippen molar-refractivity contribution in [3.63, 3.8) is 0 Å². The number of carbonyl (C=O) groups is 1. The van der Waals surface area contributed by atoms with E-state index in [1.54, 1.807) is 6.92 Å². The molecular formula is C10H6F2N4O3S. The molecule has 104 valence electrons. The minimum absolute atomic E-state index is 0.116. The Morgan fingerprint density at radius 1 is 1.40 bits per heavy atom. The molecule has 0 saturated carbocycles. The average Bonchev–Trinajstić information content (AvgIpc) is 2.76. The molecule has 0 bridgehead atoms. The molecule has 2 rings (SSSR count). The molecule has 1 aromatic carbocycles. The molecule has 0 spiro atoms. The van der Waals surface area contributed by atoms with Crippen LogP contribution in [0.1, 0.15) is 16.2 Å². The van der Waals surface area contributed by atoms with Crippen molar-refractivity contribution in [2.45, 2.75) is 6.92 Å². The van der Waals surface area contributed by atoms with E-state index in [9.17, 15) is 23.7 Å². The van der Waals surface area contributed by atoms with Gasteiger partial charge in [-0.2, -0.15) is 8.76 Å². The van der Waals surface area contributed by atoms with Crippen molar-refractivity contribution in [2.75, 3.05) is 5.32 Å². The van der Waals surface area contributed by atoms with Crippen LogP contribution >= 0.6 is 11.5 Å². The molecule has 1 heterocycles. The second-order valence-electron chi connectivity index (χ2n) is 3.64. The van der Waals surface area contributed by atoms with E-state index in [1.165, 1.54) is 0 Å². The first-order chi connectivity index (χ1) is 9.38. The minimum atomic E-state index is -1.30. The number of nitro benzene ring substituents is 1. The van der Waals surface area contributed by atoms with Gasteiger partial charge in [-0.3, -0.25) is 20.2 Å². The predicted octanol–water partition coefficient (Wildman–Crippen LogP) is 2.29. The van der Waals surface area contributed by atoms with E-state index < -0.39 is 33.7 Å². The molecule has 0 unspecified atom stereocenters. The second kappa shape index (κ2) is 5.25. The lowest BCUT2D eigenvalue weighted by atomic mass is 10.1. The number of carbonyl (C=O) groups excluding carboxylic acids is 1. The standard InChI is InChI=1S/C10H6F2N4O3S/c1-4-13-10(20-15-4)14-9(17)5-2-7(12)8(16(18)19)3-6(5)11/h2-3H,1H3,(H,13,14,15,17). The van der Waals surface area contributed by atoms with Gasteiger partial charge < -0.3 is 0 Å². The number of rotatable bonds is 3. The van der Waals surface area contributed by atoms with E-state index >= 15 is 0 Å². The van der Waals surface area contributed by atoms with E-state index in [-0.39, 0.29) is 5.13 Å². The number of benzene rings is 1. The number of nitrogens with zero attached hydrogens (tertiary/aromatic N) is 3. The van der Waals surface area contributed by atoms with E-state index in [0.29, 0.717) is 18.0 Å². The molecule has 0 radical (unpaired) electrons. The van der Waals surface area contributed by atoms with Gasteiger partial charge in [0, 0.05) is 11.5 Å². The van der Waals surface area contributed by atoms with Crippen LogP contribution in [0.25, 0.3) is 0 Å². The van der Waals surface area contributed by atoms with Gasteiger partial charge in [-0.15, -0.1) is 0 Å².